The fourth-order valence-electron chi connectivity index (χ4n) is 2.58. The van der Waals surface area contributed by atoms with Gasteiger partial charge in [-0.05, 0) is 52.1 Å². The minimum Gasteiger partial charge on any atom is -0.335 e. The molecule has 0 radical (unpaired) electrons. The van der Waals surface area contributed by atoms with Crippen molar-refractivity contribution in [2.24, 2.45) is 0 Å². The van der Waals surface area contributed by atoms with Crippen molar-refractivity contribution in [2.75, 3.05) is 19.6 Å². The lowest BCUT2D eigenvalue weighted by Gasteiger charge is -2.30. The van der Waals surface area contributed by atoms with Crippen LogP contribution in [0.25, 0.3) is 0 Å². The van der Waals surface area contributed by atoms with Crippen molar-refractivity contribution in [1.29, 1.82) is 0 Å². The van der Waals surface area contributed by atoms with Crippen LogP contribution in [0.4, 0.5) is 4.79 Å². The zero-order chi connectivity index (χ0) is 12.1. The van der Waals surface area contributed by atoms with E-state index in [-0.39, 0.29) is 12.1 Å². The summed E-state index contributed by atoms with van der Waals surface area (Å²) in [6, 6.07) is 0.685. The van der Waals surface area contributed by atoms with Crippen LogP contribution in [0.1, 0.15) is 45.4 Å². The summed E-state index contributed by atoms with van der Waals surface area (Å²) in [4.78, 5) is 14.1. The molecule has 2 fully saturated rings. The van der Waals surface area contributed by atoms with Crippen LogP contribution in [0.2, 0.25) is 0 Å². The van der Waals surface area contributed by atoms with Gasteiger partial charge in [0.2, 0.25) is 0 Å². The SMILES string of the molecule is CC(CN1CCCCC1)NC(=O)NC1CCC1. The Morgan fingerprint density at radius 3 is 2.53 bits per heavy atom. The molecule has 1 aliphatic heterocycles. The number of likely N-dealkylation sites (tertiary alicyclic amines) is 1. The Morgan fingerprint density at radius 1 is 1.24 bits per heavy atom. The van der Waals surface area contributed by atoms with E-state index in [4.69, 9.17) is 0 Å². The van der Waals surface area contributed by atoms with Gasteiger partial charge in [0.15, 0.2) is 0 Å². The molecular weight excluding hydrogens is 214 g/mol. The fourth-order valence-corrected chi connectivity index (χ4v) is 2.58. The van der Waals surface area contributed by atoms with E-state index in [9.17, 15) is 4.79 Å². The highest BCUT2D eigenvalue weighted by Gasteiger charge is 2.20. The second kappa shape index (κ2) is 6.24. The Balaban J connectivity index is 1.61. The van der Waals surface area contributed by atoms with Crippen LogP contribution in [-0.4, -0.2) is 42.6 Å². The van der Waals surface area contributed by atoms with Gasteiger partial charge in [-0.25, -0.2) is 4.79 Å². The molecule has 4 nitrogen and oxygen atoms in total. The molecule has 17 heavy (non-hydrogen) atoms. The maximum Gasteiger partial charge on any atom is 0.315 e. The number of amides is 2. The number of hydrogen-bond donors (Lipinski definition) is 2. The number of carbonyl (C=O) groups is 1. The highest BCUT2D eigenvalue weighted by atomic mass is 16.2. The molecule has 1 saturated heterocycles. The summed E-state index contributed by atoms with van der Waals surface area (Å²) in [6.07, 6.45) is 7.53. The van der Waals surface area contributed by atoms with Crippen LogP contribution in [0.3, 0.4) is 0 Å². The number of nitrogens with one attached hydrogen (secondary N) is 2. The first kappa shape index (κ1) is 12.7. The van der Waals surface area contributed by atoms with Gasteiger partial charge in [0.25, 0.3) is 0 Å². The van der Waals surface area contributed by atoms with Gasteiger partial charge < -0.3 is 15.5 Å². The van der Waals surface area contributed by atoms with Gasteiger partial charge in [0.1, 0.15) is 0 Å². The van der Waals surface area contributed by atoms with Crippen LogP contribution >= 0.6 is 0 Å². The van der Waals surface area contributed by atoms with Crippen molar-refractivity contribution >= 4 is 6.03 Å². The van der Waals surface area contributed by atoms with E-state index in [1.54, 1.807) is 0 Å². The van der Waals surface area contributed by atoms with Crippen LogP contribution in [0.15, 0.2) is 0 Å². The highest BCUT2D eigenvalue weighted by molar-refractivity contribution is 5.74. The van der Waals surface area contributed by atoms with Crippen molar-refractivity contribution in [3.63, 3.8) is 0 Å². The van der Waals surface area contributed by atoms with Gasteiger partial charge in [-0.3, -0.25) is 0 Å². The third-order valence-electron chi connectivity index (χ3n) is 3.80. The predicted octanol–water partition coefficient (Wildman–Crippen LogP) is 1.71. The van der Waals surface area contributed by atoms with Crippen LogP contribution in [0, 0.1) is 0 Å². The third-order valence-corrected chi connectivity index (χ3v) is 3.80. The smallest absolute Gasteiger partial charge is 0.315 e. The Hall–Kier alpha value is -0.770. The van der Waals surface area contributed by atoms with Crippen LogP contribution < -0.4 is 10.6 Å². The van der Waals surface area contributed by atoms with Gasteiger partial charge in [0, 0.05) is 18.6 Å². The minimum atomic E-state index is 0.0132. The molecule has 1 heterocycles. The molecule has 1 unspecified atom stereocenters. The number of rotatable bonds is 4. The highest BCUT2D eigenvalue weighted by Crippen LogP contribution is 2.17. The topological polar surface area (TPSA) is 44.4 Å². The molecule has 2 N–H and O–H groups in total. The lowest BCUT2D eigenvalue weighted by molar-refractivity contribution is 0.199. The van der Waals surface area contributed by atoms with Gasteiger partial charge in [-0.15, -0.1) is 0 Å². The van der Waals surface area contributed by atoms with Crippen molar-refractivity contribution in [3.05, 3.63) is 0 Å². The van der Waals surface area contributed by atoms with E-state index in [1.807, 2.05) is 0 Å². The van der Waals surface area contributed by atoms with Crippen LogP contribution in [0.5, 0.6) is 0 Å². The number of hydrogen-bond acceptors (Lipinski definition) is 2. The molecule has 0 aromatic heterocycles. The Morgan fingerprint density at radius 2 is 1.94 bits per heavy atom. The summed E-state index contributed by atoms with van der Waals surface area (Å²) in [7, 11) is 0. The summed E-state index contributed by atoms with van der Waals surface area (Å²) < 4.78 is 0. The van der Waals surface area contributed by atoms with Gasteiger partial charge in [-0.2, -0.15) is 0 Å². The van der Waals surface area contributed by atoms with E-state index < -0.39 is 0 Å². The second-order valence-electron chi connectivity index (χ2n) is 5.51. The van der Waals surface area contributed by atoms with Gasteiger partial charge >= 0.3 is 6.03 Å². The van der Waals surface area contributed by atoms with E-state index >= 15 is 0 Å². The molecule has 1 saturated carbocycles. The molecule has 4 heteroatoms. The summed E-state index contributed by atoms with van der Waals surface area (Å²) >= 11 is 0. The monoisotopic (exact) mass is 239 g/mol. The maximum atomic E-state index is 11.7. The normalized spacial score (nSPS) is 23.8. The van der Waals surface area contributed by atoms with E-state index in [0.29, 0.717) is 6.04 Å². The molecule has 2 rings (SSSR count). The summed E-state index contributed by atoms with van der Waals surface area (Å²) in [6.45, 7) is 5.46. The first-order valence-electron chi connectivity index (χ1n) is 7.03. The van der Waals surface area contributed by atoms with Crippen LogP contribution in [-0.2, 0) is 0 Å². The second-order valence-corrected chi connectivity index (χ2v) is 5.51. The largest absolute Gasteiger partial charge is 0.335 e. The Labute approximate surface area is 104 Å². The summed E-state index contributed by atoms with van der Waals surface area (Å²) in [5, 5.41) is 6.05. The quantitative estimate of drug-likeness (QED) is 0.784. The van der Waals surface area contributed by atoms with Gasteiger partial charge in [-0.1, -0.05) is 6.42 Å². The average Bonchev–Trinajstić information content (AvgIpc) is 2.25. The molecule has 0 aromatic carbocycles. The average molecular weight is 239 g/mol. The Kier molecular flexibility index (Phi) is 4.66. The van der Waals surface area contributed by atoms with Crippen molar-refractivity contribution in [2.45, 2.75) is 57.5 Å². The van der Waals surface area contributed by atoms with Crippen molar-refractivity contribution < 1.29 is 4.79 Å². The Bertz CT molecular complexity index is 247. The fraction of sp³-hybridized carbons (Fsp3) is 0.923. The molecule has 1 atom stereocenters. The first-order chi connectivity index (χ1) is 8.24. The number of carbonyl (C=O) groups excluding carboxylic acids is 1. The maximum absolute atomic E-state index is 11.7. The summed E-state index contributed by atoms with van der Waals surface area (Å²) in [5.74, 6) is 0. The molecule has 98 valence electrons. The molecule has 2 amide bonds. The molecule has 0 aromatic rings. The zero-order valence-corrected chi connectivity index (χ0v) is 10.9. The van der Waals surface area contributed by atoms with Crippen molar-refractivity contribution in [3.8, 4) is 0 Å². The number of piperidine rings is 1. The molecule has 2 aliphatic rings. The molecule has 1 aliphatic carbocycles. The predicted molar refractivity (Wildman–Crippen MR) is 69.1 cm³/mol. The number of nitrogens with zero attached hydrogens (tertiary/aromatic N) is 1. The van der Waals surface area contributed by atoms with E-state index in [0.717, 1.165) is 19.4 Å². The van der Waals surface area contributed by atoms with Gasteiger partial charge in [0.05, 0.1) is 0 Å². The van der Waals surface area contributed by atoms with E-state index in [1.165, 1.54) is 38.8 Å². The first-order valence-corrected chi connectivity index (χ1v) is 7.03. The van der Waals surface area contributed by atoms with Crippen molar-refractivity contribution in [1.82, 2.24) is 15.5 Å². The minimum absolute atomic E-state index is 0.0132. The molecule has 0 spiro atoms. The lowest BCUT2D eigenvalue weighted by atomic mass is 9.93. The lowest BCUT2D eigenvalue weighted by Crippen LogP contribution is -2.50. The number of urea groups is 1. The van der Waals surface area contributed by atoms with E-state index in [2.05, 4.69) is 22.5 Å². The molecular formula is C13H25N3O. The summed E-state index contributed by atoms with van der Waals surface area (Å²) in [5.41, 5.74) is 0. The standard InChI is InChI=1S/C13H25N3O/c1-11(10-16-8-3-2-4-9-16)14-13(17)15-12-6-5-7-12/h11-12H,2-10H2,1H3,(H2,14,15,17). The zero-order valence-electron chi connectivity index (χ0n) is 10.9. The third kappa shape index (κ3) is 4.19. The molecule has 0 bridgehead atoms.